The van der Waals surface area contributed by atoms with E-state index in [9.17, 15) is 4.79 Å². The summed E-state index contributed by atoms with van der Waals surface area (Å²) < 4.78 is 11.3. The maximum Gasteiger partial charge on any atom is -0.147 e. The predicted molar refractivity (Wildman–Crippen MR) is 101 cm³/mol. The van der Waals surface area contributed by atoms with Crippen LogP contribution in [-0.2, 0) is 20.8 Å². The predicted octanol–water partition coefficient (Wildman–Crippen LogP) is 5.45. The quantitative estimate of drug-likeness (QED) is 0.331. The zero-order valence-electron chi connectivity index (χ0n) is 14.5. The minimum absolute atomic E-state index is 0. The second-order valence-corrected chi connectivity index (χ2v) is 6.07. The van der Waals surface area contributed by atoms with Gasteiger partial charge in [-0.05, 0) is 0 Å². The van der Waals surface area contributed by atoms with Gasteiger partial charge in [-0.2, -0.15) is 0 Å². The Morgan fingerprint density at radius 2 is 1.31 bits per heavy atom. The number of rotatable bonds is 4. The van der Waals surface area contributed by atoms with E-state index in [1.165, 1.54) is 0 Å². The Balaban J connectivity index is 0.00000243. The van der Waals surface area contributed by atoms with Gasteiger partial charge in [0.25, 0.3) is 0 Å². The van der Waals surface area contributed by atoms with E-state index < -0.39 is 0 Å². The van der Waals surface area contributed by atoms with Gasteiger partial charge in [0.1, 0.15) is 0 Å². The second-order valence-electron chi connectivity index (χ2n) is 5.75. The average Bonchev–Trinajstić information content (AvgIpc) is 2.63. The molecule has 0 spiro atoms. The molecule has 131 valence electrons. The van der Waals surface area contributed by atoms with E-state index in [1.807, 2.05) is 68.4 Å². The van der Waals surface area contributed by atoms with Crippen LogP contribution in [0.2, 0.25) is 0 Å². The number of carbonyl (C=O) groups is 1. The summed E-state index contributed by atoms with van der Waals surface area (Å²) in [6.45, 7) is 4.02. The molecule has 0 aliphatic carbocycles. The van der Waals surface area contributed by atoms with Crippen molar-refractivity contribution in [3.05, 3.63) is 83.4 Å². The number of carbonyl (C=O) groups excluding carboxylic acids is 1. The Hall–Kier alpha value is -2.07. The number of hydrogen-bond donors (Lipinski definition) is 0. The molecule has 0 radical (unpaired) electrons. The molecule has 0 fully saturated rings. The van der Waals surface area contributed by atoms with Gasteiger partial charge in [-0.25, -0.2) is 0 Å². The molecule has 3 nitrogen and oxygen atoms in total. The Bertz CT molecular complexity index is 910. The van der Waals surface area contributed by atoms with Gasteiger partial charge in [-0.3, -0.25) is 0 Å². The molecule has 0 aliphatic rings. The first-order valence-corrected chi connectivity index (χ1v) is 8.56. The van der Waals surface area contributed by atoms with Crippen molar-refractivity contribution in [1.29, 1.82) is 0 Å². The van der Waals surface area contributed by atoms with Crippen molar-refractivity contribution in [3.8, 4) is 22.6 Å². The number of halogens is 1. The number of ether oxygens (including phenoxy) is 1. The average molecular weight is 402 g/mol. The molecular formula is C21H18ClO3Ti. The third kappa shape index (κ3) is 4.18. The van der Waals surface area contributed by atoms with Gasteiger partial charge in [0.05, 0.1) is 0 Å². The topological polar surface area (TPSA) is 35.5 Å². The van der Waals surface area contributed by atoms with Crippen LogP contribution in [0.15, 0.2) is 66.7 Å². The maximum absolute atomic E-state index is 12.5. The van der Waals surface area contributed by atoms with Gasteiger partial charge in [-0.1, -0.05) is 0 Å². The molecule has 3 rings (SSSR count). The number of benzene rings is 3. The van der Waals surface area contributed by atoms with Crippen molar-refractivity contribution in [1.82, 2.24) is 0 Å². The summed E-state index contributed by atoms with van der Waals surface area (Å²) in [4.78, 5) is 12.5. The molecule has 5 heteroatoms. The van der Waals surface area contributed by atoms with Crippen LogP contribution in [0.3, 0.4) is 0 Å². The summed E-state index contributed by atoms with van der Waals surface area (Å²) in [7, 11) is 0. The van der Waals surface area contributed by atoms with Crippen LogP contribution in [0.25, 0.3) is 11.1 Å². The van der Waals surface area contributed by atoms with Crippen molar-refractivity contribution in [3.63, 3.8) is 0 Å². The normalized spacial score (nSPS) is 9.88. The van der Waals surface area contributed by atoms with Crippen molar-refractivity contribution in [2.45, 2.75) is 13.8 Å². The van der Waals surface area contributed by atoms with Crippen LogP contribution >= 0.6 is 12.4 Å². The van der Waals surface area contributed by atoms with E-state index in [-0.39, 0.29) is 18.4 Å². The Morgan fingerprint density at radius 3 is 1.88 bits per heavy atom. The van der Waals surface area contributed by atoms with E-state index in [2.05, 4.69) is 0 Å². The smallest absolute Gasteiger partial charge is 0.147 e. The van der Waals surface area contributed by atoms with Gasteiger partial charge in [0.15, 0.2) is 0 Å². The summed E-state index contributed by atoms with van der Waals surface area (Å²) in [5.74, 6) is 0.910. The van der Waals surface area contributed by atoms with E-state index in [0.29, 0.717) is 11.3 Å². The molecular weight excluding hydrogens is 384 g/mol. The minimum atomic E-state index is -0.375. The Morgan fingerprint density at radius 1 is 0.769 bits per heavy atom. The fraction of sp³-hybridized carbons (Fsp3) is 0.0952. The molecule has 0 aromatic heterocycles. The van der Waals surface area contributed by atoms with E-state index in [4.69, 9.17) is 8.06 Å². The first kappa shape index (κ1) is 20.2. The van der Waals surface area contributed by atoms with Gasteiger partial charge in [0, 0.05) is 0 Å². The summed E-state index contributed by atoms with van der Waals surface area (Å²) in [6, 6.07) is 20.6. The molecule has 26 heavy (non-hydrogen) atoms. The van der Waals surface area contributed by atoms with Crippen LogP contribution in [-0.4, -0.2) is 5.97 Å². The van der Waals surface area contributed by atoms with Crippen LogP contribution < -0.4 is 8.06 Å². The number of esters is 1. The molecule has 0 atom stereocenters. The SMILES string of the molecule is Cc1cccc([O][Ti])c1-c1c(C)cccc1OC(=O)c1ccccc1.Cl. The van der Waals surface area contributed by atoms with E-state index in [1.54, 1.807) is 33.0 Å². The number of hydrogen-bond acceptors (Lipinski definition) is 3. The van der Waals surface area contributed by atoms with Gasteiger partial charge in [0.2, 0.25) is 0 Å². The monoisotopic (exact) mass is 401 g/mol. The molecule has 0 saturated carbocycles. The summed E-state index contributed by atoms with van der Waals surface area (Å²) in [5, 5.41) is 0. The molecule has 3 aromatic carbocycles. The van der Waals surface area contributed by atoms with Gasteiger partial charge >= 0.3 is 160 Å². The zero-order chi connectivity index (χ0) is 17.8. The Labute approximate surface area is 171 Å². The first-order chi connectivity index (χ1) is 12.1. The fourth-order valence-corrected chi connectivity index (χ4v) is 3.09. The zero-order valence-corrected chi connectivity index (χ0v) is 16.9. The number of aryl methyl sites for hydroxylation is 2. The van der Waals surface area contributed by atoms with Gasteiger partial charge in [-0.15, -0.1) is 12.4 Å². The fourth-order valence-electron chi connectivity index (χ4n) is 2.83. The molecule has 0 heterocycles. The van der Waals surface area contributed by atoms with Gasteiger partial charge < -0.3 is 0 Å². The van der Waals surface area contributed by atoms with E-state index in [0.717, 1.165) is 28.0 Å². The van der Waals surface area contributed by atoms with E-state index >= 15 is 0 Å². The van der Waals surface area contributed by atoms with Crippen LogP contribution in [0, 0.1) is 13.8 Å². The summed E-state index contributed by atoms with van der Waals surface area (Å²) in [6.07, 6.45) is 0. The summed E-state index contributed by atoms with van der Waals surface area (Å²) in [5.41, 5.74) is 4.42. The molecule has 0 unspecified atom stereocenters. The van der Waals surface area contributed by atoms with Crippen LogP contribution in [0.1, 0.15) is 21.5 Å². The molecule has 3 aromatic rings. The largest absolute Gasteiger partial charge is 0.147 e. The van der Waals surface area contributed by atoms with Crippen LogP contribution in [0.5, 0.6) is 11.5 Å². The van der Waals surface area contributed by atoms with Crippen LogP contribution in [0.4, 0.5) is 0 Å². The molecule has 0 saturated heterocycles. The maximum atomic E-state index is 12.5. The molecule has 0 bridgehead atoms. The van der Waals surface area contributed by atoms with Crippen molar-refractivity contribution in [2.75, 3.05) is 0 Å². The third-order valence-corrected chi connectivity index (χ3v) is 4.38. The minimum Gasteiger partial charge on any atom is -0.147 e. The first-order valence-electron chi connectivity index (χ1n) is 7.92. The Kier molecular flexibility index (Phi) is 7.04. The standard InChI is InChI=1S/C21H18O3.ClH.Ti/c1-14-8-6-12-17(22)19(14)20-15(2)9-7-13-18(20)24-21(23)16-10-4-3-5-11-16;;/h3-13,22H,1-2H3;1H;/q;;+1/p-1. The summed E-state index contributed by atoms with van der Waals surface area (Å²) >= 11 is 1.65. The van der Waals surface area contributed by atoms with Crippen molar-refractivity contribution < 1.29 is 33.7 Å². The van der Waals surface area contributed by atoms with Crippen molar-refractivity contribution >= 4 is 18.4 Å². The molecule has 0 amide bonds. The second kappa shape index (κ2) is 9.04. The molecule has 0 aliphatic heterocycles. The third-order valence-electron chi connectivity index (χ3n) is 4.04. The molecule has 0 N–H and O–H groups in total. The van der Waals surface area contributed by atoms with Crippen molar-refractivity contribution in [2.24, 2.45) is 0 Å².